The lowest BCUT2D eigenvalue weighted by Gasteiger charge is -2.33. The minimum Gasteiger partial charge on any atom is -0.340 e. The van der Waals surface area contributed by atoms with E-state index in [0.717, 1.165) is 66.7 Å². The molecule has 0 bridgehead atoms. The first-order valence-electron chi connectivity index (χ1n) is 8.44. The number of halogens is 1. The van der Waals surface area contributed by atoms with Crippen molar-refractivity contribution in [1.82, 2.24) is 29.7 Å². The second-order valence-electron chi connectivity index (χ2n) is 6.49. The third-order valence-corrected chi connectivity index (χ3v) is 4.99. The Balaban J connectivity index is 1.40. The molecular formula is C17H21ClN6O. The van der Waals surface area contributed by atoms with Crippen molar-refractivity contribution in [3.8, 4) is 0 Å². The third kappa shape index (κ3) is 3.40. The Kier molecular flexibility index (Phi) is 4.45. The van der Waals surface area contributed by atoms with Crippen molar-refractivity contribution in [1.29, 1.82) is 0 Å². The van der Waals surface area contributed by atoms with Gasteiger partial charge in [-0.2, -0.15) is 10.1 Å². The van der Waals surface area contributed by atoms with Crippen molar-refractivity contribution >= 4 is 22.5 Å². The van der Waals surface area contributed by atoms with E-state index < -0.39 is 0 Å². The monoisotopic (exact) mass is 360 g/mol. The number of aryl methyl sites for hydroxylation is 2. The number of nitrogens with zero attached hydrogens (tertiary/aromatic N) is 6. The lowest BCUT2D eigenvalue weighted by atomic mass is 10.2. The van der Waals surface area contributed by atoms with Gasteiger partial charge in [0.1, 0.15) is 0 Å². The first kappa shape index (κ1) is 16.5. The summed E-state index contributed by atoms with van der Waals surface area (Å²) in [4.78, 5) is 9.05. The average molecular weight is 361 g/mol. The van der Waals surface area contributed by atoms with Gasteiger partial charge in [-0.05, 0) is 12.1 Å². The van der Waals surface area contributed by atoms with Gasteiger partial charge in [0.15, 0.2) is 5.82 Å². The van der Waals surface area contributed by atoms with Crippen LogP contribution in [0.1, 0.15) is 17.4 Å². The highest BCUT2D eigenvalue weighted by molar-refractivity contribution is 6.35. The van der Waals surface area contributed by atoms with E-state index in [2.05, 4.69) is 31.1 Å². The Labute approximate surface area is 151 Å². The normalized spacial score (nSPS) is 16.8. The van der Waals surface area contributed by atoms with Gasteiger partial charge in [0.25, 0.3) is 0 Å². The number of hydrogen-bond donors (Lipinski definition) is 0. The second-order valence-corrected chi connectivity index (χ2v) is 6.89. The summed E-state index contributed by atoms with van der Waals surface area (Å²) in [5.41, 5.74) is 2.12. The van der Waals surface area contributed by atoms with Crippen LogP contribution in [0, 0.1) is 6.92 Å². The molecule has 0 N–H and O–H groups in total. The fourth-order valence-corrected chi connectivity index (χ4v) is 3.67. The van der Waals surface area contributed by atoms with Crippen LogP contribution in [0.2, 0.25) is 5.02 Å². The largest absolute Gasteiger partial charge is 0.340 e. The number of benzene rings is 1. The Bertz CT molecular complexity index is 881. The summed E-state index contributed by atoms with van der Waals surface area (Å²) < 4.78 is 6.95. The lowest BCUT2D eigenvalue weighted by molar-refractivity contribution is 0.118. The van der Waals surface area contributed by atoms with Crippen LogP contribution in [0.4, 0.5) is 0 Å². The molecule has 1 aromatic carbocycles. The molecule has 0 saturated carbocycles. The van der Waals surface area contributed by atoms with Crippen molar-refractivity contribution < 1.29 is 4.52 Å². The van der Waals surface area contributed by atoms with Crippen LogP contribution >= 0.6 is 11.6 Å². The summed E-state index contributed by atoms with van der Waals surface area (Å²) in [5, 5.41) is 10.5. The molecular weight excluding hydrogens is 340 g/mol. The smallest absolute Gasteiger partial charge is 0.223 e. The van der Waals surface area contributed by atoms with Crippen molar-refractivity contribution in [2.45, 2.75) is 20.0 Å². The molecule has 3 aromatic rings. The highest BCUT2D eigenvalue weighted by atomic mass is 35.5. The molecule has 0 atom stereocenters. The maximum atomic E-state index is 6.41. The first-order valence-corrected chi connectivity index (χ1v) is 8.82. The molecule has 8 heteroatoms. The molecule has 1 saturated heterocycles. The van der Waals surface area contributed by atoms with E-state index >= 15 is 0 Å². The predicted molar refractivity (Wildman–Crippen MR) is 95.3 cm³/mol. The Morgan fingerprint density at radius 3 is 2.52 bits per heavy atom. The molecule has 0 spiro atoms. The van der Waals surface area contributed by atoms with E-state index in [9.17, 15) is 0 Å². The Hall–Kier alpha value is -1.96. The highest BCUT2D eigenvalue weighted by Crippen LogP contribution is 2.27. The van der Waals surface area contributed by atoms with E-state index in [1.165, 1.54) is 0 Å². The summed E-state index contributed by atoms with van der Waals surface area (Å²) >= 11 is 6.41. The average Bonchev–Trinajstić information content (AvgIpc) is 3.14. The van der Waals surface area contributed by atoms with Crippen molar-refractivity contribution in [3.05, 3.63) is 40.6 Å². The third-order valence-electron chi connectivity index (χ3n) is 4.67. The molecule has 0 aliphatic carbocycles. The molecule has 1 aliphatic rings. The van der Waals surface area contributed by atoms with Gasteiger partial charge >= 0.3 is 0 Å². The minimum absolute atomic E-state index is 0.618. The van der Waals surface area contributed by atoms with Gasteiger partial charge in [-0.25, -0.2) is 0 Å². The summed E-state index contributed by atoms with van der Waals surface area (Å²) in [6, 6.07) is 5.96. The zero-order valence-electron chi connectivity index (χ0n) is 14.4. The number of piperazine rings is 1. The van der Waals surface area contributed by atoms with E-state index in [-0.39, 0.29) is 0 Å². The number of fused-ring (bicyclic) bond motifs is 1. The minimum atomic E-state index is 0.618. The van der Waals surface area contributed by atoms with E-state index in [0.29, 0.717) is 5.89 Å². The van der Waals surface area contributed by atoms with E-state index in [1.54, 1.807) is 0 Å². The molecule has 1 fully saturated rings. The van der Waals surface area contributed by atoms with Crippen LogP contribution in [0.5, 0.6) is 0 Å². The Morgan fingerprint density at radius 1 is 1.12 bits per heavy atom. The van der Waals surface area contributed by atoms with Crippen LogP contribution in [-0.4, -0.2) is 55.9 Å². The number of rotatable bonds is 4. The zero-order chi connectivity index (χ0) is 17.4. The maximum Gasteiger partial charge on any atom is 0.223 e. The summed E-state index contributed by atoms with van der Waals surface area (Å²) in [6.07, 6.45) is 0. The number of hydrogen-bond acceptors (Lipinski definition) is 6. The zero-order valence-corrected chi connectivity index (χ0v) is 15.2. The van der Waals surface area contributed by atoms with Gasteiger partial charge in [0.05, 0.1) is 22.8 Å². The molecule has 25 heavy (non-hydrogen) atoms. The number of aromatic nitrogens is 4. The SMILES string of the molecule is Cc1nc(CN2CCN(Cc3nn(C)c4cccc(Cl)c34)CC2)no1. The van der Waals surface area contributed by atoms with Gasteiger partial charge in [0.2, 0.25) is 5.89 Å². The first-order chi connectivity index (χ1) is 12.1. The molecule has 7 nitrogen and oxygen atoms in total. The van der Waals surface area contributed by atoms with E-state index in [1.807, 2.05) is 30.8 Å². The fourth-order valence-electron chi connectivity index (χ4n) is 3.39. The van der Waals surface area contributed by atoms with Gasteiger partial charge < -0.3 is 4.52 Å². The van der Waals surface area contributed by atoms with Gasteiger partial charge in [-0.15, -0.1) is 0 Å². The molecule has 0 amide bonds. The predicted octanol–water partition coefficient (Wildman–Crippen LogP) is 2.24. The molecule has 0 radical (unpaired) electrons. The quantitative estimate of drug-likeness (QED) is 0.711. The van der Waals surface area contributed by atoms with Crippen molar-refractivity contribution in [2.75, 3.05) is 26.2 Å². The van der Waals surface area contributed by atoms with Gasteiger partial charge in [0, 0.05) is 52.1 Å². The molecule has 2 aromatic heterocycles. The standard InChI is InChI=1S/C17H21ClN6O/c1-12-19-16(21-25-12)11-24-8-6-23(7-9-24)10-14-17-13(18)4-3-5-15(17)22(2)20-14/h3-5H,6-11H2,1-2H3. The lowest BCUT2D eigenvalue weighted by Crippen LogP contribution is -2.45. The molecule has 0 unspecified atom stereocenters. The van der Waals surface area contributed by atoms with Crippen LogP contribution < -0.4 is 0 Å². The second kappa shape index (κ2) is 6.74. The summed E-state index contributed by atoms with van der Waals surface area (Å²) in [7, 11) is 1.97. The van der Waals surface area contributed by atoms with Crippen LogP contribution in [-0.2, 0) is 20.1 Å². The van der Waals surface area contributed by atoms with Crippen LogP contribution in [0.15, 0.2) is 22.7 Å². The summed E-state index contributed by atoms with van der Waals surface area (Å²) in [5.74, 6) is 1.38. The van der Waals surface area contributed by atoms with Crippen LogP contribution in [0.25, 0.3) is 10.9 Å². The topological polar surface area (TPSA) is 63.2 Å². The fraction of sp³-hybridized carbons (Fsp3) is 0.471. The van der Waals surface area contributed by atoms with E-state index in [4.69, 9.17) is 16.1 Å². The molecule has 3 heterocycles. The van der Waals surface area contributed by atoms with Crippen molar-refractivity contribution in [2.24, 2.45) is 7.05 Å². The molecule has 4 rings (SSSR count). The molecule has 1 aliphatic heterocycles. The summed E-state index contributed by atoms with van der Waals surface area (Å²) in [6.45, 7) is 7.30. The maximum absolute atomic E-state index is 6.41. The highest BCUT2D eigenvalue weighted by Gasteiger charge is 2.21. The van der Waals surface area contributed by atoms with Gasteiger partial charge in [-0.1, -0.05) is 22.8 Å². The van der Waals surface area contributed by atoms with Gasteiger partial charge in [-0.3, -0.25) is 14.5 Å². The molecule has 132 valence electrons. The Morgan fingerprint density at radius 2 is 1.84 bits per heavy atom. The van der Waals surface area contributed by atoms with Crippen LogP contribution in [0.3, 0.4) is 0 Å². The van der Waals surface area contributed by atoms with Crippen molar-refractivity contribution in [3.63, 3.8) is 0 Å².